The van der Waals surface area contributed by atoms with E-state index in [4.69, 9.17) is 4.74 Å². The molecule has 0 atom stereocenters. The second-order valence-electron chi connectivity index (χ2n) is 11.1. The molecule has 0 radical (unpaired) electrons. The van der Waals surface area contributed by atoms with Crippen molar-refractivity contribution in [2.45, 2.75) is 39.3 Å². The highest BCUT2D eigenvalue weighted by Crippen LogP contribution is 2.34. The molecule has 0 saturated carbocycles. The van der Waals surface area contributed by atoms with Crippen molar-refractivity contribution in [1.29, 1.82) is 0 Å². The Balaban J connectivity index is 1.66. The number of anilines is 2. The zero-order valence-corrected chi connectivity index (χ0v) is 24.2. The average Bonchev–Trinajstić information content (AvgIpc) is 3.44. The Kier molecular flexibility index (Phi) is 9.17. The first-order valence-electron chi connectivity index (χ1n) is 13.4. The fraction of sp³-hybridized carbons (Fsp3) is 0.250. The van der Waals surface area contributed by atoms with Crippen LogP contribution in [0.1, 0.15) is 43.1 Å². The van der Waals surface area contributed by atoms with Gasteiger partial charge < -0.3 is 19.9 Å². The number of nitrogens with one attached hydrogen (secondary N) is 3. The molecule has 4 aromatic rings. The minimum atomic E-state index is -0.745. The first-order chi connectivity index (χ1) is 19.9. The molecular formula is C32H34FN5O4. The Morgan fingerprint density at radius 3 is 2.31 bits per heavy atom. The third kappa shape index (κ3) is 8.11. The van der Waals surface area contributed by atoms with E-state index in [0.717, 1.165) is 22.3 Å². The summed E-state index contributed by atoms with van der Waals surface area (Å²) in [6.45, 7) is 5.74. The lowest BCUT2D eigenvalue weighted by atomic mass is 9.97. The Hall–Kier alpha value is -4.83. The van der Waals surface area contributed by atoms with Gasteiger partial charge in [-0.05, 0) is 81.9 Å². The van der Waals surface area contributed by atoms with E-state index in [2.05, 4.69) is 20.6 Å². The maximum absolute atomic E-state index is 13.7. The molecule has 0 saturated heterocycles. The van der Waals surface area contributed by atoms with E-state index in [9.17, 15) is 18.8 Å². The van der Waals surface area contributed by atoms with E-state index in [1.54, 1.807) is 75.6 Å². The molecule has 0 unspecified atom stereocenters. The number of carbonyl (C=O) groups is 3. The van der Waals surface area contributed by atoms with Crippen molar-refractivity contribution in [3.63, 3.8) is 0 Å². The lowest BCUT2D eigenvalue weighted by Gasteiger charge is -2.22. The third-order valence-corrected chi connectivity index (χ3v) is 6.07. The van der Waals surface area contributed by atoms with Crippen molar-refractivity contribution in [2.75, 3.05) is 24.7 Å². The van der Waals surface area contributed by atoms with E-state index < -0.39 is 24.0 Å². The number of hydrogen-bond donors (Lipinski definition) is 3. The van der Waals surface area contributed by atoms with Gasteiger partial charge in [-0.25, -0.2) is 14.2 Å². The highest BCUT2D eigenvalue weighted by Gasteiger charge is 2.21. The van der Waals surface area contributed by atoms with Crippen molar-refractivity contribution >= 4 is 29.2 Å². The fourth-order valence-corrected chi connectivity index (χ4v) is 4.34. The maximum atomic E-state index is 13.7. The second kappa shape index (κ2) is 12.8. The Morgan fingerprint density at radius 1 is 0.952 bits per heavy atom. The largest absolute Gasteiger partial charge is 0.444 e. The lowest BCUT2D eigenvalue weighted by Crippen LogP contribution is -2.28. The van der Waals surface area contributed by atoms with Gasteiger partial charge in [0, 0.05) is 30.1 Å². The first-order valence-corrected chi connectivity index (χ1v) is 13.4. The minimum absolute atomic E-state index is 0.268. The van der Waals surface area contributed by atoms with Crippen LogP contribution < -0.4 is 10.6 Å². The van der Waals surface area contributed by atoms with E-state index in [1.807, 2.05) is 25.1 Å². The van der Waals surface area contributed by atoms with E-state index in [1.165, 1.54) is 12.1 Å². The molecule has 0 aliphatic rings. The lowest BCUT2D eigenvalue weighted by molar-refractivity contribution is -0.115. The molecule has 3 N–H and O–H groups in total. The second-order valence-corrected chi connectivity index (χ2v) is 11.1. The summed E-state index contributed by atoms with van der Waals surface area (Å²) in [6.07, 6.45) is 2.17. The number of ether oxygens (including phenoxy) is 1. The Bertz CT molecular complexity index is 1580. The monoisotopic (exact) mass is 571 g/mol. The quantitative estimate of drug-likeness (QED) is 0.156. The van der Waals surface area contributed by atoms with Gasteiger partial charge in [0.2, 0.25) is 5.91 Å². The number of hydrogen-bond acceptors (Lipinski definition) is 6. The van der Waals surface area contributed by atoms with Crippen LogP contribution in [-0.4, -0.2) is 52.3 Å². The van der Waals surface area contributed by atoms with Crippen molar-refractivity contribution in [1.82, 2.24) is 14.9 Å². The summed E-state index contributed by atoms with van der Waals surface area (Å²) >= 11 is 0. The molecule has 10 heteroatoms. The van der Waals surface area contributed by atoms with Crippen LogP contribution in [0.3, 0.4) is 0 Å². The van der Waals surface area contributed by atoms with Crippen LogP contribution in [0, 0.1) is 5.82 Å². The first kappa shape index (κ1) is 30.1. The van der Waals surface area contributed by atoms with Gasteiger partial charge in [0.05, 0.1) is 17.8 Å². The van der Waals surface area contributed by atoms with E-state index in [0.29, 0.717) is 23.6 Å². The summed E-state index contributed by atoms with van der Waals surface area (Å²) < 4.78 is 19.1. The van der Waals surface area contributed by atoms with E-state index >= 15 is 0 Å². The normalized spacial score (nSPS) is 11.3. The van der Waals surface area contributed by atoms with E-state index in [-0.39, 0.29) is 17.3 Å². The molecule has 1 aromatic heterocycles. The molecule has 0 aliphatic carbocycles. The number of rotatable bonds is 9. The number of nitrogens with zero attached hydrogens (tertiary/aromatic N) is 2. The molecule has 4 rings (SSSR count). The molecular weight excluding hydrogens is 537 g/mol. The molecule has 2 amide bonds. The Labute approximate surface area is 244 Å². The van der Waals surface area contributed by atoms with Crippen LogP contribution in [0.2, 0.25) is 0 Å². The summed E-state index contributed by atoms with van der Waals surface area (Å²) in [7, 11) is 3.80. The third-order valence-electron chi connectivity index (χ3n) is 6.07. The highest BCUT2D eigenvalue weighted by atomic mass is 19.1. The summed E-state index contributed by atoms with van der Waals surface area (Å²) in [5, 5.41) is 5.52. The molecule has 0 fully saturated rings. The molecule has 3 aromatic carbocycles. The summed E-state index contributed by atoms with van der Waals surface area (Å²) in [6, 6.07) is 16.3. The van der Waals surface area contributed by atoms with Gasteiger partial charge in [-0.15, -0.1) is 0 Å². The number of carbonyl (C=O) groups excluding carboxylic acids is 3. The summed E-state index contributed by atoms with van der Waals surface area (Å²) in [4.78, 5) is 48.1. The number of aromatic nitrogens is 2. The SMILES string of the molecule is CN(C)Cc1cc(NC(=O)OC(C)(C)C)c(NC(=O)CC(=O)c2cccc(-c3ncc[nH]3)c2)cc1-c1ccc(F)cc1. The zero-order chi connectivity index (χ0) is 30.4. The number of Topliss-reactive ketones (excluding diaryl/α,β-unsaturated/α-hetero) is 1. The molecule has 218 valence electrons. The average molecular weight is 572 g/mol. The smallest absolute Gasteiger partial charge is 0.412 e. The topological polar surface area (TPSA) is 116 Å². The highest BCUT2D eigenvalue weighted by molar-refractivity contribution is 6.12. The van der Waals surface area contributed by atoms with Gasteiger partial charge in [0.15, 0.2) is 5.78 Å². The fourth-order valence-electron chi connectivity index (χ4n) is 4.34. The minimum Gasteiger partial charge on any atom is -0.444 e. The van der Waals surface area contributed by atoms with Crippen LogP contribution in [0.4, 0.5) is 20.6 Å². The summed E-state index contributed by atoms with van der Waals surface area (Å²) in [5.41, 5.74) is 3.17. The zero-order valence-electron chi connectivity index (χ0n) is 24.2. The molecule has 1 heterocycles. The van der Waals surface area contributed by atoms with Crippen molar-refractivity contribution in [3.05, 3.63) is 90.0 Å². The van der Waals surface area contributed by atoms with Crippen molar-refractivity contribution < 1.29 is 23.5 Å². The number of H-pyrrole nitrogens is 1. The number of imidazole rings is 1. The molecule has 0 spiro atoms. The van der Waals surface area contributed by atoms with Crippen molar-refractivity contribution in [3.8, 4) is 22.5 Å². The van der Waals surface area contributed by atoms with Gasteiger partial charge >= 0.3 is 6.09 Å². The standard InChI is InChI=1S/C32H34FN5O4/c1-32(2,3)42-31(41)37-26-16-23(19-38(4)5)25(20-9-11-24(33)12-10-20)17-27(26)36-29(40)18-28(39)21-7-6-8-22(15-21)30-34-13-14-35-30/h6-17H,18-19H2,1-5H3,(H,34,35)(H,36,40)(H,37,41). The van der Waals surface area contributed by atoms with Gasteiger partial charge in [-0.3, -0.25) is 14.9 Å². The van der Waals surface area contributed by atoms with Crippen molar-refractivity contribution in [2.24, 2.45) is 0 Å². The van der Waals surface area contributed by atoms with Crippen LogP contribution in [0.5, 0.6) is 0 Å². The molecule has 9 nitrogen and oxygen atoms in total. The van der Waals surface area contributed by atoms with Gasteiger partial charge in [-0.2, -0.15) is 0 Å². The van der Waals surface area contributed by atoms with Crippen LogP contribution in [0.25, 0.3) is 22.5 Å². The van der Waals surface area contributed by atoms with Crippen LogP contribution >= 0.6 is 0 Å². The number of ketones is 1. The van der Waals surface area contributed by atoms with Gasteiger partial charge in [0.1, 0.15) is 17.2 Å². The predicted octanol–water partition coefficient (Wildman–Crippen LogP) is 6.50. The predicted molar refractivity (Wildman–Crippen MR) is 161 cm³/mol. The number of aromatic amines is 1. The van der Waals surface area contributed by atoms with Crippen LogP contribution in [-0.2, 0) is 16.1 Å². The molecule has 0 bridgehead atoms. The number of benzene rings is 3. The van der Waals surface area contributed by atoms with Crippen LogP contribution in [0.15, 0.2) is 73.1 Å². The molecule has 0 aliphatic heterocycles. The Morgan fingerprint density at radius 2 is 1.67 bits per heavy atom. The summed E-state index contributed by atoms with van der Waals surface area (Å²) in [5.74, 6) is -0.719. The van der Waals surface area contributed by atoms with Gasteiger partial charge in [0.25, 0.3) is 0 Å². The number of amides is 2. The maximum Gasteiger partial charge on any atom is 0.412 e. The molecule has 42 heavy (non-hydrogen) atoms. The number of halogens is 1. The van der Waals surface area contributed by atoms with Gasteiger partial charge in [-0.1, -0.05) is 30.3 Å².